The molecule has 3 aromatic rings. The number of amides is 1. The van der Waals surface area contributed by atoms with Crippen LogP contribution in [-0.2, 0) is 6.54 Å². The minimum atomic E-state index is -0.469. The second-order valence-corrected chi connectivity index (χ2v) is 8.01. The number of hydrogen-bond donors (Lipinski definition) is 1. The van der Waals surface area contributed by atoms with Crippen molar-refractivity contribution in [1.29, 1.82) is 0 Å². The van der Waals surface area contributed by atoms with Crippen LogP contribution in [0.3, 0.4) is 0 Å². The van der Waals surface area contributed by atoms with Crippen molar-refractivity contribution in [2.75, 3.05) is 18.0 Å². The number of benzene rings is 1. The Bertz CT molecular complexity index is 1100. The third kappa shape index (κ3) is 4.12. The van der Waals surface area contributed by atoms with E-state index in [1.165, 1.54) is 12.1 Å². The lowest BCUT2D eigenvalue weighted by molar-refractivity contribution is -0.384. The highest BCUT2D eigenvalue weighted by molar-refractivity contribution is 6.00. The summed E-state index contributed by atoms with van der Waals surface area (Å²) >= 11 is 0. The van der Waals surface area contributed by atoms with Gasteiger partial charge in [-0.1, -0.05) is 6.92 Å². The lowest BCUT2D eigenvalue weighted by atomic mass is 9.98. The smallest absolute Gasteiger partial charge is 0.270 e. The van der Waals surface area contributed by atoms with Crippen molar-refractivity contribution in [2.24, 2.45) is 5.92 Å². The molecule has 1 aliphatic rings. The van der Waals surface area contributed by atoms with Gasteiger partial charge in [0.05, 0.1) is 28.4 Å². The molecule has 8 heteroatoms. The van der Waals surface area contributed by atoms with Gasteiger partial charge in [0.1, 0.15) is 5.65 Å². The molecule has 2 aromatic heterocycles. The Morgan fingerprint density at radius 2 is 2.03 bits per heavy atom. The standard InChI is InChI=1S/C22H25N5O3/c1-15-5-8-25(9-6-15)20-4-3-18(27(29)30)12-19(20)22(28)23-13-17-14-26-10-7-16(2)11-21(26)24-17/h3-4,7,10-12,14-15H,5-6,8-9,13H2,1-2H3,(H,23,28). The number of nitrogens with zero attached hydrogens (tertiary/aromatic N) is 4. The molecule has 0 atom stereocenters. The molecule has 1 aliphatic heterocycles. The first-order valence-electron chi connectivity index (χ1n) is 10.2. The molecule has 0 saturated carbocycles. The van der Waals surface area contributed by atoms with E-state index in [1.807, 2.05) is 35.9 Å². The van der Waals surface area contributed by atoms with Crippen molar-refractivity contribution in [3.05, 3.63) is 69.7 Å². The predicted molar refractivity (Wildman–Crippen MR) is 115 cm³/mol. The molecule has 0 bridgehead atoms. The number of nitro groups is 1. The van der Waals surface area contributed by atoms with Crippen LogP contribution in [0, 0.1) is 23.0 Å². The molecule has 0 spiro atoms. The van der Waals surface area contributed by atoms with Gasteiger partial charge in [-0.2, -0.15) is 0 Å². The number of aryl methyl sites for hydroxylation is 1. The maximum absolute atomic E-state index is 13.0. The summed E-state index contributed by atoms with van der Waals surface area (Å²) in [5.74, 6) is 0.316. The fraction of sp³-hybridized carbons (Fsp3) is 0.364. The lowest BCUT2D eigenvalue weighted by Crippen LogP contribution is -2.35. The number of nitrogens with one attached hydrogen (secondary N) is 1. The molecule has 1 amide bonds. The minimum absolute atomic E-state index is 0.0857. The van der Waals surface area contributed by atoms with E-state index in [9.17, 15) is 14.9 Å². The first kappa shape index (κ1) is 19.9. The van der Waals surface area contributed by atoms with Gasteiger partial charge in [-0.05, 0) is 49.4 Å². The van der Waals surface area contributed by atoms with Gasteiger partial charge in [0, 0.05) is 37.6 Å². The number of carbonyl (C=O) groups is 1. The van der Waals surface area contributed by atoms with Gasteiger partial charge in [-0.3, -0.25) is 14.9 Å². The average Bonchev–Trinajstić information content (AvgIpc) is 3.14. The van der Waals surface area contributed by atoms with Crippen LogP contribution < -0.4 is 10.2 Å². The molecule has 0 aliphatic carbocycles. The van der Waals surface area contributed by atoms with Crippen molar-refractivity contribution in [3.63, 3.8) is 0 Å². The van der Waals surface area contributed by atoms with E-state index in [0.29, 0.717) is 11.5 Å². The fourth-order valence-electron chi connectivity index (χ4n) is 3.83. The number of pyridine rings is 1. The predicted octanol–water partition coefficient (Wildman–Crippen LogP) is 3.72. The van der Waals surface area contributed by atoms with Gasteiger partial charge in [0.25, 0.3) is 11.6 Å². The maximum atomic E-state index is 13.0. The van der Waals surface area contributed by atoms with E-state index in [-0.39, 0.29) is 18.1 Å². The molecule has 1 fully saturated rings. The molecule has 156 valence electrons. The van der Waals surface area contributed by atoms with E-state index in [4.69, 9.17) is 0 Å². The summed E-state index contributed by atoms with van der Waals surface area (Å²) in [7, 11) is 0. The van der Waals surface area contributed by atoms with E-state index < -0.39 is 4.92 Å². The van der Waals surface area contributed by atoms with Crippen molar-refractivity contribution in [3.8, 4) is 0 Å². The minimum Gasteiger partial charge on any atom is -0.371 e. The Kier molecular flexibility index (Phi) is 5.39. The molecule has 3 heterocycles. The zero-order valence-corrected chi connectivity index (χ0v) is 17.2. The maximum Gasteiger partial charge on any atom is 0.270 e. The summed E-state index contributed by atoms with van der Waals surface area (Å²) < 4.78 is 1.90. The number of rotatable bonds is 5. The highest BCUT2D eigenvalue weighted by atomic mass is 16.6. The van der Waals surface area contributed by atoms with Gasteiger partial charge >= 0.3 is 0 Å². The van der Waals surface area contributed by atoms with Gasteiger partial charge in [-0.25, -0.2) is 4.98 Å². The molecule has 1 saturated heterocycles. The second-order valence-electron chi connectivity index (χ2n) is 8.01. The van der Waals surface area contributed by atoms with E-state index in [1.54, 1.807) is 6.07 Å². The first-order valence-corrected chi connectivity index (χ1v) is 10.2. The zero-order chi connectivity index (χ0) is 21.3. The van der Waals surface area contributed by atoms with Crippen LogP contribution >= 0.6 is 0 Å². The Morgan fingerprint density at radius 1 is 1.27 bits per heavy atom. The van der Waals surface area contributed by atoms with Crippen molar-refractivity contribution in [2.45, 2.75) is 33.2 Å². The number of non-ortho nitro benzene ring substituents is 1. The summed E-state index contributed by atoms with van der Waals surface area (Å²) in [6.07, 6.45) is 5.88. The molecule has 30 heavy (non-hydrogen) atoms. The highest BCUT2D eigenvalue weighted by Crippen LogP contribution is 2.29. The molecule has 4 rings (SSSR count). The average molecular weight is 407 g/mol. The summed E-state index contributed by atoms with van der Waals surface area (Å²) in [4.78, 5) is 30.5. The Labute approximate surface area is 174 Å². The summed E-state index contributed by atoms with van der Waals surface area (Å²) in [6, 6.07) is 8.49. The molecule has 0 radical (unpaired) electrons. The summed E-state index contributed by atoms with van der Waals surface area (Å²) in [5.41, 5.74) is 3.65. The first-order chi connectivity index (χ1) is 14.4. The van der Waals surface area contributed by atoms with Crippen LogP contribution in [-0.4, -0.2) is 33.3 Å². The SMILES string of the molecule is Cc1ccn2cc(CNC(=O)c3cc([N+](=O)[O-])ccc3N3CCC(C)CC3)nc2c1. The molecule has 1 aromatic carbocycles. The lowest BCUT2D eigenvalue weighted by Gasteiger charge is -2.33. The number of anilines is 1. The molecule has 0 unspecified atom stereocenters. The van der Waals surface area contributed by atoms with Crippen LogP contribution in [0.5, 0.6) is 0 Å². The number of piperidine rings is 1. The molecular formula is C22H25N5O3. The van der Waals surface area contributed by atoms with Crippen molar-refractivity contribution >= 4 is 22.9 Å². The van der Waals surface area contributed by atoms with Crippen LogP contribution in [0.2, 0.25) is 0 Å². The van der Waals surface area contributed by atoms with E-state index >= 15 is 0 Å². The van der Waals surface area contributed by atoms with Gasteiger partial charge in [-0.15, -0.1) is 0 Å². The number of hydrogen-bond acceptors (Lipinski definition) is 5. The second kappa shape index (κ2) is 8.14. The number of aromatic nitrogens is 2. The van der Waals surface area contributed by atoms with Crippen LogP contribution in [0.1, 0.15) is 41.4 Å². The Hall–Kier alpha value is -3.42. The molecular weight excluding hydrogens is 382 g/mol. The number of carbonyl (C=O) groups excluding carboxylic acids is 1. The monoisotopic (exact) mass is 407 g/mol. The van der Waals surface area contributed by atoms with Gasteiger partial charge in [0.2, 0.25) is 0 Å². The van der Waals surface area contributed by atoms with Crippen LogP contribution in [0.25, 0.3) is 5.65 Å². The van der Waals surface area contributed by atoms with Crippen LogP contribution in [0.15, 0.2) is 42.7 Å². The normalized spacial score (nSPS) is 14.8. The molecule has 1 N–H and O–H groups in total. The third-order valence-corrected chi connectivity index (χ3v) is 5.66. The fourth-order valence-corrected chi connectivity index (χ4v) is 3.83. The number of imidazole rings is 1. The zero-order valence-electron chi connectivity index (χ0n) is 17.2. The Balaban J connectivity index is 1.56. The number of nitro benzene ring substituents is 1. The molecule has 8 nitrogen and oxygen atoms in total. The van der Waals surface area contributed by atoms with E-state index in [0.717, 1.165) is 48.5 Å². The van der Waals surface area contributed by atoms with Gasteiger partial charge < -0.3 is 14.6 Å². The number of fused-ring (bicyclic) bond motifs is 1. The third-order valence-electron chi connectivity index (χ3n) is 5.66. The van der Waals surface area contributed by atoms with Crippen molar-refractivity contribution < 1.29 is 9.72 Å². The Morgan fingerprint density at radius 3 is 2.77 bits per heavy atom. The summed E-state index contributed by atoms with van der Waals surface area (Å²) in [5, 5.41) is 14.1. The summed E-state index contributed by atoms with van der Waals surface area (Å²) in [6.45, 7) is 6.15. The van der Waals surface area contributed by atoms with Crippen molar-refractivity contribution in [1.82, 2.24) is 14.7 Å². The van der Waals surface area contributed by atoms with Gasteiger partial charge in [0.15, 0.2) is 0 Å². The van der Waals surface area contributed by atoms with Crippen LogP contribution in [0.4, 0.5) is 11.4 Å². The van der Waals surface area contributed by atoms with E-state index in [2.05, 4.69) is 22.1 Å². The topological polar surface area (TPSA) is 92.8 Å². The quantitative estimate of drug-likeness (QED) is 0.514. The highest BCUT2D eigenvalue weighted by Gasteiger charge is 2.23. The largest absolute Gasteiger partial charge is 0.371 e.